The largest absolute Gasteiger partial charge is 0.399 e. The Kier molecular flexibility index (Phi) is 6.18. The summed E-state index contributed by atoms with van der Waals surface area (Å²) in [6.07, 6.45) is -0.511. The van der Waals surface area contributed by atoms with Crippen LogP contribution in [-0.2, 0) is 14.3 Å². The molecule has 0 bridgehead atoms. The van der Waals surface area contributed by atoms with Crippen molar-refractivity contribution >= 4 is 17.3 Å². The van der Waals surface area contributed by atoms with E-state index in [2.05, 4.69) is 5.32 Å². The van der Waals surface area contributed by atoms with E-state index in [1.165, 1.54) is 0 Å². The Morgan fingerprint density at radius 2 is 2.00 bits per heavy atom. The zero-order valence-electron chi connectivity index (χ0n) is 10.8. The van der Waals surface area contributed by atoms with E-state index in [1.54, 1.807) is 31.2 Å². The van der Waals surface area contributed by atoms with Crippen LogP contribution in [0.15, 0.2) is 24.3 Å². The van der Waals surface area contributed by atoms with Crippen molar-refractivity contribution in [1.29, 1.82) is 0 Å². The van der Waals surface area contributed by atoms with Gasteiger partial charge in [0.2, 0.25) is 0 Å². The highest BCUT2D eigenvalue weighted by Crippen LogP contribution is 2.11. The maximum Gasteiger partial charge on any atom is 0.253 e. The maximum atomic E-state index is 11.8. The second-order valence-electron chi connectivity index (χ2n) is 3.82. The first-order valence-electron chi connectivity index (χ1n) is 5.99. The summed E-state index contributed by atoms with van der Waals surface area (Å²) in [5.41, 5.74) is 6.92. The second-order valence-corrected chi connectivity index (χ2v) is 3.82. The first-order valence-corrected chi connectivity index (χ1v) is 5.99. The van der Waals surface area contributed by atoms with E-state index < -0.39 is 6.10 Å². The molecule has 0 saturated carbocycles. The van der Waals surface area contributed by atoms with E-state index >= 15 is 0 Å². The van der Waals surface area contributed by atoms with Crippen molar-refractivity contribution in [3.05, 3.63) is 24.3 Å². The molecule has 0 heterocycles. The van der Waals surface area contributed by atoms with Crippen LogP contribution in [0.25, 0.3) is 0 Å². The fourth-order valence-corrected chi connectivity index (χ4v) is 1.31. The van der Waals surface area contributed by atoms with Gasteiger partial charge in [0.15, 0.2) is 0 Å². The Hall–Kier alpha value is -1.59. The van der Waals surface area contributed by atoms with Gasteiger partial charge in [0.25, 0.3) is 5.91 Å². The molecular weight excluding hydrogens is 232 g/mol. The molecule has 1 amide bonds. The van der Waals surface area contributed by atoms with Gasteiger partial charge in [-0.3, -0.25) is 4.79 Å². The molecule has 3 N–H and O–H groups in total. The van der Waals surface area contributed by atoms with Crippen LogP contribution in [0, 0.1) is 0 Å². The number of carbonyl (C=O) groups excluding carboxylic acids is 1. The highest BCUT2D eigenvalue weighted by molar-refractivity contribution is 5.93. The van der Waals surface area contributed by atoms with E-state index in [0.717, 1.165) is 0 Å². The van der Waals surface area contributed by atoms with Gasteiger partial charge in [-0.15, -0.1) is 0 Å². The number of rotatable bonds is 7. The minimum Gasteiger partial charge on any atom is -0.399 e. The predicted octanol–water partition coefficient (Wildman–Crippen LogP) is 1.65. The van der Waals surface area contributed by atoms with Gasteiger partial charge in [0, 0.05) is 18.0 Å². The minimum atomic E-state index is -0.511. The highest BCUT2D eigenvalue weighted by atomic mass is 16.5. The number of hydrogen-bond donors (Lipinski definition) is 2. The monoisotopic (exact) mass is 252 g/mol. The number of benzene rings is 1. The normalized spacial score (nSPS) is 12.1. The second kappa shape index (κ2) is 7.68. The molecule has 0 aliphatic carbocycles. The van der Waals surface area contributed by atoms with Crippen molar-refractivity contribution < 1.29 is 14.3 Å². The van der Waals surface area contributed by atoms with E-state index in [0.29, 0.717) is 31.2 Å². The number of amides is 1. The molecule has 0 aromatic heterocycles. The van der Waals surface area contributed by atoms with Gasteiger partial charge >= 0.3 is 0 Å². The first kappa shape index (κ1) is 14.5. The number of nitrogen functional groups attached to an aromatic ring is 1. The van der Waals surface area contributed by atoms with Crippen molar-refractivity contribution in [2.24, 2.45) is 0 Å². The van der Waals surface area contributed by atoms with Crippen LogP contribution in [0.1, 0.15) is 13.8 Å². The van der Waals surface area contributed by atoms with Gasteiger partial charge in [0.05, 0.1) is 13.2 Å². The van der Waals surface area contributed by atoms with Crippen molar-refractivity contribution in [3.8, 4) is 0 Å². The number of hydrogen-bond acceptors (Lipinski definition) is 4. The van der Waals surface area contributed by atoms with Crippen LogP contribution in [0.4, 0.5) is 11.4 Å². The topological polar surface area (TPSA) is 73.6 Å². The van der Waals surface area contributed by atoms with E-state index in [4.69, 9.17) is 15.2 Å². The fourth-order valence-electron chi connectivity index (χ4n) is 1.31. The Balaban J connectivity index is 2.33. The third-order valence-electron chi connectivity index (χ3n) is 2.35. The predicted molar refractivity (Wildman–Crippen MR) is 71.4 cm³/mol. The quantitative estimate of drug-likeness (QED) is 0.571. The number of carbonyl (C=O) groups is 1. The molecule has 0 spiro atoms. The molecule has 1 aromatic carbocycles. The summed E-state index contributed by atoms with van der Waals surface area (Å²) < 4.78 is 10.5. The van der Waals surface area contributed by atoms with Crippen LogP contribution in [0.5, 0.6) is 0 Å². The van der Waals surface area contributed by atoms with E-state index in [-0.39, 0.29) is 5.91 Å². The molecule has 0 aliphatic rings. The summed E-state index contributed by atoms with van der Waals surface area (Å²) in [7, 11) is 0. The van der Waals surface area contributed by atoms with Crippen molar-refractivity contribution in [1.82, 2.24) is 0 Å². The lowest BCUT2D eigenvalue weighted by Gasteiger charge is -2.13. The van der Waals surface area contributed by atoms with Crippen molar-refractivity contribution in [2.45, 2.75) is 20.0 Å². The Morgan fingerprint density at radius 3 is 2.61 bits per heavy atom. The third-order valence-corrected chi connectivity index (χ3v) is 2.35. The van der Waals surface area contributed by atoms with Gasteiger partial charge in [0.1, 0.15) is 6.10 Å². The maximum absolute atomic E-state index is 11.8. The van der Waals surface area contributed by atoms with Gasteiger partial charge in [-0.1, -0.05) is 0 Å². The zero-order valence-corrected chi connectivity index (χ0v) is 10.8. The zero-order chi connectivity index (χ0) is 13.4. The molecule has 1 aromatic rings. The van der Waals surface area contributed by atoms with Crippen LogP contribution < -0.4 is 11.1 Å². The van der Waals surface area contributed by atoms with Crippen molar-refractivity contribution in [3.63, 3.8) is 0 Å². The molecule has 100 valence electrons. The number of nitrogens with two attached hydrogens (primary N) is 1. The van der Waals surface area contributed by atoms with Gasteiger partial charge in [-0.25, -0.2) is 0 Å². The standard InChI is InChI=1S/C13H20N2O3/c1-3-17-8-9-18-10(2)13(16)15-12-6-4-11(14)5-7-12/h4-7,10H,3,8-9,14H2,1-2H3,(H,15,16). The SMILES string of the molecule is CCOCCOC(C)C(=O)Nc1ccc(N)cc1. The Bertz CT molecular complexity index is 365. The number of nitrogens with one attached hydrogen (secondary N) is 1. The Labute approximate surface area is 107 Å². The minimum absolute atomic E-state index is 0.184. The molecule has 0 saturated heterocycles. The molecule has 5 heteroatoms. The summed E-state index contributed by atoms with van der Waals surface area (Å²) >= 11 is 0. The lowest BCUT2D eigenvalue weighted by atomic mass is 10.2. The lowest BCUT2D eigenvalue weighted by Crippen LogP contribution is -2.28. The number of ether oxygens (including phenoxy) is 2. The molecular formula is C13H20N2O3. The smallest absolute Gasteiger partial charge is 0.253 e. The van der Waals surface area contributed by atoms with Crippen LogP contribution >= 0.6 is 0 Å². The number of anilines is 2. The summed E-state index contributed by atoms with van der Waals surface area (Å²) in [5.74, 6) is -0.184. The molecule has 0 fully saturated rings. The molecule has 5 nitrogen and oxygen atoms in total. The fraction of sp³-hybridized carbons (Fsp3) is 0.462. The first-order chi connectivity index (χ1) is 8.63. The third kappa shape index (κ3) is 5.16. The van der Waals surface area contributed by atoms with Crippen molar-refractivity contribution in [2.75, 3.05) is 30.9 Å². The van der Waals surface area contributed by atoms with Gasteiger partial charge in [-0.05, 0) is 38.1 Å². The molecule has 1 atom stereocenters. The summed E-state index contributed by atoms with van der Waals surface area (Å²) in [5, 5.41) is 2.75. The van der Waals surface area contributed by atoms with Crippen LogP contribution in [0.2, 0.25) is 0 Å². The lowest BCUT2D eigenvalue weighted by molar-refractivity contribution is -0.127. The molecule has 0 radical (unpaired) electrons. The van der Waals surface area contributed by atoms with E-state index in [1.807, 2.05) is 6.92 Å². The van der Waals surface area contributed by atoms with E-state index in [9.17, 15) is 4.79 Å². The van der Waals surface area contributed by atoms with Crippen LogP contribution in [0.3, 0.4) is 0 Å². The molecule has 1 unspecified atom stereocenters. The molecule has 18 heavy (non-hydrogen) atoms. The average Bonchev–Trinajstić information content (AvgIpc) is 2.37. The molecule has 1 rings (SSSR count). The summed E-state index contributed by atoms with van der Waals surface area (Å²) in [4.78, 5) is 11.8. The summed E-state index contributed by atoms with van der Waals surface area (Å²) in [6, 6.07) is 6.97. The van der Waals surface area contributed by atoms with Crippen LogP contribution in [-0.4, -0.2) is 31.8 Å². The Morgan fingerprint density at radius 1 is 1.33 bits per heavy atom. The van der Waals surface area contributed by atoms with Gasteiger partial charge in [-0.2, -0.15) is 0 Å². The molecule has 0 aliphatic heterocycles. The van der Waals surface area contributed by atoms with Gasteiger partial charge < -0.3 is 20.5 Å². The average molecular weight is 252 g/mol. The summed E-state index contributed by atoms with van der Waals surface area (Å²) in [6.45, 7) is 5.17. The highest BCUT2D eigenvalue weighted by Gasteiger charge is 2.13.